The summed E-state index contributed by atoms with van der Waals surface area (Å²) in [4.78, 5) is 4.94. The molecule has 0 bridgehead atoms. The van der Waals surface area contributed by atoms with Gasteiger partial charge in [0, 0.05) is 44.8 Å². The zero-order chi connectivity index (χ0) is 15.3. The molecule has 0 atom stereocenters. The van der Waals surface area contributed by atoms with Crippen molar-refractivity contribution in [2.75, 3.05) is 39.8 Å². The minimum absolute atomic E-state index is 0.161. The molecule has 0 aromatic heterocycles. The summed E-state index contributed by atoms with van der Waals surface area (Å²) >= 11 is 0. The van der Waals surface area contributed by atoms with Crippen LogP contribution in [0.4, 0.5) is 0 Å². The first-order valence-corrected chi connectivity index (χ1v) is 7.64. The van der Waals surface area contributed by atoms with E-state index in [0.29, 0.717) is 0 Å². The number of nitrogens with zero attached hydrogens (tertiary/aromatic N) is 3. The third kappa shape index (κ3) is 4.53. The highest BCUT2D eigenvalue weighted by Gasteiger charge is 2.28. The van der Waals surface area contributed by atoms with Crippen LogP contribution in [0.5, 0.6) is 0 Å². The van der Waals surface area contributed by atoms with E-state index < -0.39 is 0 Å². The number of benzene rings is 1. The van der Waals surface area contributed by atoms with Crippen molar-refractivity contribution in [3.63, 3.8) is 0 Å². The van der Waals surface area contributed by atoms with Crippen LogP contribution >= 0.6 is 0 Å². The van der Waals surface area contributed by atoms with Crippen LogP contribution in [0.15, 0.2) is 24.3 Å². The third-order valence-corrected chi connectivity index (χ3v) is 4.30. The van der Waals surface area contributed by atoms with E-state index in [9.17, 15) is 0 Å². The molecular weight excluding hydrogens is 260 g/mol. The summed E-state index contributed by atoms with van der Waals surface area (Å²) in [5, 5.41) is 12.5. The van der Waals surface area contributed by atoms with Crippen LogP contribution in [0.1, 0.15) is 25.0 Å². The number of hydrogen-bond acceptors (Lipinski definition) is 4. The molecule has 21 heavy (non-hydrogen) atoms. The molecule has 1 aliphatic rings. The van der Waals surface area contributed by atoms with Crippen LogP contribution in [0.3, 0.4) is 0 Å². The molecule has 1 aromatic carbocycles. The number of nitrogens with one attached hydrogen (secondary N) is 1. The fourth-order valence-electron chi connectivity index (χ4n) is 2.79. The zero-order valence-electron chi connectivity index (χ0n) is 13.4. The zero-order valence-corrected chi connectivity index (χ0v) is 13.4. The third-order valence-electron chi connectivity index (χ3n) is 4.30. The second kappa shape index (κ2) is 7.04. The van der Waals surface area contributed by atoms with Gasteiger partial charge in [-0.05, 0) is 38.6 Å². The van der Waals surface area contributed by atoms with E-state index >= 15 is 0 Å². The van der Waals surface area contributed by atoms with E-state index in [2.05, 4.69) is 48.1 Å². The second-order valence-electron chi connectivity index (χ2n) is 6.52. The molecule has 0 unspecified atom stereocenters. The summed E-state index contributed by atoms with van der Waals surface area (Å²) in [5.41, 5.74) is 2.06. The lowest BCUT2D eigenvalue weighted by Crippen LogP contribution is -2.57. The molecule has 1 heterocycles. The Morgan fingerprint density at radius 1 is 1.24 bits per heavy atom. The van der Waals surface area contributed by atoms with Gasteiger partial charge in [-0.3, -0.25) is 4.90 Å². The van der Waals surface area contributed by atoms with Gasteiger partial charge >= 0.3 is 0 Å². The smallest absolute Gasteiger partial charge is 0.0991 e. The first kappa shape index (κ1) is 16.0. The Morgan fingerprint density at radius 2 is 1.95 bits per heavy atom. The van der Waals surface area contributed by atoms with E-state index in [1.54, 1.807) is 0 Å². The molecular formula is C17H26N4. The average Bonchev–Trinajstić information content (AvgIpc) is 2.48. The number of piperazine rings is 1. The normalized spacial score (nSPS) is 17.6. The van der Waals surface area contributed by atoms with Gasteiger partial charge in [0.2, 0.25) is 0 Å². The highest BCUT2D eigenvalue weighted by molar-refractivity contribution is 5.32. The molecule has 114 valence electrons. The molecule has 0 aliphatic carbocycles. The van der Waals surface area contributed by atoms with Crippen LogP contribution in [0, 0.1) is 11.3 Å². The van der Waals surface area contributed by atoms with Crippen molar-refractivity contribution >= 4 is 0 Å². The van der Waals surface area contributed by atoms with Crippen molar-refractivity contribution in [2.24, 2.45) is 0 Å². The first-order chi connectivity index (χ1) is 10.0. The molecule has 1 aliphatic heterocycles. The Hall–Kier alpha value is -1.41. The van der Waals surface area contributed by atoms with Crippen molar-refractivity contribution in [3.8, 4) is 6.07 Å². The van der Waals surface area contributed by atoms with Crippen molar-refractivity contribution in [1.82, 2.24) is 15.1 Å². The quantitative estimate of drug-likeness (QED) is 0.894. The van der Waals surface area contributed by atoms with E-state index in [0.717, 1.165) is 44.8 Å². The van der Waals surface area contributed by atoms with Gasteiger partial charge < -0.3 is 10.2 Å². The first-order valence-electron chi connectivity index (χ1n) is 7.64. The summed E-state index contributed by atoms with van der Waals surface area (Å²) in [6.07, 6.45) is 0. The van der Waals surface area contributed by atoms with E-state index in [1.165, 1.54) is 5.56 Å². The lowest BCUT2D eigenvalue weighted by Gasteiger charge is -2.43. The predicted molar refractivity (Wildman–Crippen MR) is 86.0 cm³/mol. The maximum atomic E-state index is 8.93. The van der Waals surface area contributed by atoms with Gasteiger partial charge in [-0.15, -0.1) is 0 Å². The Balaban J connectivity index is 1.82. The van der Waals surface area contributed by atoms with Gasteiger partial charge in [0.1, 0.15) is 0 Å². The molecule has 0 amide bonds. The van der Waals surface area contributed by atoms with Gasteiger partial charge in [0.05, 0.1) is 11.6 Å². The van der Waals surface area contributed by atoms with Gasteiger partial charge in [0.25, 0.3) is 0 Å². The van der Waals surface area contributed by atoms with Crippen LogP contribution in [-0.4, -0.2) is 55.1 Å². The summed E-state index contributed by atoms with van der Waals surface area (Å²) in [5.74, 6) is 0. The lowest BCUT2D eigenvalue weighted by atomic mass is 10.0. The molecule has 4 nitrogen and oxygen atoms in total. The largest absolute Gasteiger partial charge is 0.311 e. The van der Waals surface area contributed by atoms with Crippen LogP contribution in [0.2, 0.25) is 0 Å². The second-order valence-corrected chi connectivity index (χ2v) is 6.52. The molecule has 1 aromatic rings. The molecule has 1 saturated heterocycles. The molecule has 1 N–H and O–H groups in total. The van der Waals surface area contributed by atoms with Crippen molar-refractivity contribution in [1.29, 1.82) is 5.26 Å². The predicted octanol–water partition coefficient (Wildman–Crippen LogP) is 1.67. The summed E-state index contributed by atoms with van der Waals surface area (Å²) in [7, 11) is 2.19. The van der Waals surface area contributed by atoms with E-state index in [4.69, 9.17) is 5.26 Å². The van der Waals surface area contributed by atoms with Crippen LogP contribution in [0.25, 0.3) is 0 Å². The standard InChI is InChI=1S/C17H26N4/c1-17(2,21-9-7-20(3)8-10-21)14-19-13-16-6-4-5-15(11-16)12-18/h4-6,11,19H,7-10,13-14H2,1-3H3. The number of nitriles is 1. The Labute approximate surface area is 128 Å². The van der Waals surface area contributed by atoms with E-state index in [1.807, 2.05) is 18.2 Å². The topological polar surface area (TPSA) is 42.3 Å². The fraction of sp³-hybridized carbons (Fsp3) is 0.588. The molecule has 4 heteroatoms. The Bertz CT molecular complexity index is 496. The molecule has 0 spiro atoms. The Morgan fingerprint density at radius 3 is 2.62 bits per heavy atom. The number of hydrogen-bond donors (Lipinski definition) is 1. The highest BCUT2D eigenvalue weighted by Crippen LogP contribution is 2.16. The van der Waals surface area contributed by atoms with Gasteiger partial charge in [-0.2, -0.15) is 5.26 Å². The lowest BCUT2D eigenvalue weighted by molar-refractivity contribution is 0.0618. The van der Waals surface area contributed by atoms with Crippen LogP contribution in [-0.2, 0) is 6.54 Å². The van der Waals surface area contributed by atoms with Gasteiger partial charge in [-0.25, -0.2) is 0 Å². The van der Waals surface area contributed by atoms with Crippen molar-refractivity contribution in [2.45, 2.75) is 25.9 Å². The average molecular weight is 286 g/mol. The maximum Gasteiger partial charge on any atom is 0.0991 e. The van der Waals surface area contributed by atoms with Crippen molar-refractivity contribution < 1.29 is 0 Å². The summed E-state index contributed by atoms with van der Waals surface area (Å²) < 4.78 is 0. The molecule has 1 fully saturated rings. The SMILES string of the molecule is CN1CCN(C(C)(C)CNCc2cccc(C#N)c2)CC1. The summed E-state index contributed by atoms with van der Waals surface area (Å²) in [6, 6.07) is 10.0. The maximum absolute atomic E-state index is 8.93. The van der Waals surface area contributed by atoms with Crippen LogP contribution < -0.4 is 5.32 Å². The monoisotopic (exact) mass is 286 g/mol. The fourth-order valence-corrected chi connectivity index (χ4v) is 2.79. The molecule has 0 saturated carbocycles. The van der Waals surface area contributed by atoms with E-state index in [-0.39, 0.29) is 5.54 Å². The van der Waals surface area contributed by atoms with Crippen molar-refractivity contribution in [3.05, 3.63) is 35.4 Å². The van der Waals surface area contributed by atoms with Gasteiger partial charge in [0.15, 0.2) is 0 Å². The number of rotatable bonds is 5. The minimum atomic E-state index is 0.161. The molecule has 2 rings (SSSR count). The molecule has 0 radical (unpaired) electrons. The van der Waals surface area contributed by atoms with Gasteiger partial charge in [-0.1, -0.05) is 12.1 Å². The Kier molecular flexibility index (Phi) is 5.35. The minimum Gasteiger partial charge on any atom is -0.311 e. The number of likely N-dealkylation sites (N-methyl/N-ethyl adjacent to an activating group) is 1. The highest BCUT2D eigenvalue weighted by atomic mass is 15.3. The summed E-state index contributed by atoms with van der Waals surface area (Å²) in [6.45, 7) is 10.9.